The molecular weight excluding hydrogens is 206 g/mol. The number of hydrogen-bond donors (Lipinski definition) is 0. The fourth-order valence-corrected chi connectivity index (χ4v) is 1.40. The Morgan fingerprint density at radius 3 is 2.38 bits per heavy atom. The van der Waals surface area contributed by atoms with Crippen LogP contribution in [0.3, 0.4) is 0 Å². The summed E-state index contributed by atoms with van der Waals surface area (Å²) in [5.74, 6) is -0.0508. The third-order valence-electron chi connectivity index (χ3n) is 2.52. The van der Waals surface area contributed by atoms with Crippen molar-refractivity contribution < 1.29 is 14.3 Å². The van der Waals surface area contributed by atoms with Gasteiger partial charge in [-0.15, -0.1) is 0 Å². The predicted octanol–water partition coefficient (Wildman–Crippen LogP) is 1.98. The Kier molecular flexibility index (Phi) is 8.58. The minimum Gasteiger partial charge on any atom is -0.469 e. The van der Waals surface area contributed by atoms with Crippen LogP contribution in [0.15, 0.2) is 0 Å². The number of carbonyl (C=O) groups excluding carboxylic acids is 2. The number of nitrogens with zero attached hydrogens (tertiary/aromatic N) is 1. The van der Waals surface area contributed by atoms with Crippen LogP contribution >= 0.6 is 0 Å². The van der Waals surface area contributed by atoms with Crippen LogP contribution < -0.4 is 0 Å². The first kappa shape index (κ1) is 14.9. The second kappa shape index (κ2) is 9.19. The van der Waals surface area contributed by atoms with Gasteiger partial charge in [-0.25, -0.2) is 0 Å². The summed E-state index contributed by atoms with van der Waals surface area (Å²) in [6, 6.07) is 0. The molecule has 0 spiro atoms. The van der Waals surface area contributed by atoms with Crippen LogP contribution in [0.1, 0.15) is 45.4 Å². The number of methoxy groups -OCH3 is 1. The molecule has 0 aliphatic heterocycles. The van der Waals surface area contributed by atoms with Crippen LogP contribution in [-0.4, -0.2) is 37.5 Å². The number of ether oxygens (including phenoxy) is 1. The van der Waals surface area contributed by atoms with E-state index in [-0.39, 0.29) is 11.9 Å². The third-order valence-corrected chi connectivity index (χ3v) is 2.52. The van der Waals surface area contributed by atoms with E-state index in [1.165, 1.54) is 7.11 Å². The van der Waals surface area contributed by atoms with E-state index in [2.05, 4.69) is 11.7 Å². The third kappa shape index (κ3) is 7.26. The van der Waals surface area contributed by atoms with Gasteiger partial charge in [-0.1, -0.05) is 19.8 Å². The Morgan fingerprint density at radius 1 is 1.12 bits per heavy atom. The van der Waals surface area contributed by atoms with Gasteiger partial charge in [0.25, 0.3) is 0 Å². The monoisotopic (exact) mass is 229 g/mol. The van der Waals surface area contributed by atoms with Gasteiger partial charge < -0.3 is 9.64 Å². The minimum absolute atomic E-state index is 0.165. The number of esters is 1. The van der Waals surface area contributed by atoms with Crippen molar-refractivity contribution in [2.45, 2.75) is 45.4 Å². The lowest BCUT2D eigenvalue weighted by Crippen LogP contribution is -2.27. The number of carbonyl (C=O) groups is 2. The molecule has 0 fully saturated rings. The van der Waals surface area contributed by atoms with E-state index >= 15 is 0 Å². The molecule has 0 atom stereocenters. The normalized spacial score (nSPS) is 9.94. The molecule has 94 valence electrons. The molecule has 0 aliphatic carbocycles. The molecule has 0 aromatic rings. The Bertz CT molecular complexity index is 216. The standard InChI is InChI=1S/C12H23NO3/c1-4-5-6-8-11(14)13(2)10-7-9-12(15)16-3/h4-10H2,1-3H3. The average Bonchev–Trinajstić information content (AvgIpc) is 2.28. The van der Waals surface area contributed by atoms with Crippen molar-refractivity contribution >= 4 is 11.9 Å². The first-order chi connectivity index (χ1) is 7.61. The number of amides is 1. The lowest BCUT2D eigenvalue weighted by molar-refractivity contribution is -0.141. The molecule has 0 saturated carbocycles. The first-order valence-corrected chi connectivity index (χ1v) is 5.92. The van der Waals surface area contributed by atoms with E-state index in [1.54, 1.807) is 11.9 Å². The topological polar surface area (TPSA) is 46.6 Å². The summed E-state index contributed by atoms with van der Waals surface area (Å²) >= 11 is 0. The Labute approximate surface area is 98.0 Å². The smallest absolute Gasteiger partial charge is 0.305 e. The van der Waals surface area contributed by atoms with Gasteiger partial charge in [-0.3, -0.25) is 9.59 Å². The summed E-state index contributed by atoms with van der Waals surface area (Å²) in [5.41, 5.74) is 0. The van der Waals surface area contributed by atoms with E-state index in [1.807, 2.05) is 0 Å². The van der Waals surface area contributed by atoms with Gasteiger partial charge in [-0.05, 0) is 12.8 Å². The van der Waals surface area contributed by atoms with Gasteiger partial charge in [0.1, 0.15) is 0 Å². The Morgan fingerprint density at radius 2 is 1.81 bits per heavy atom. The lowest BCUT2D eigenvalue weighted by Gasteiger charge is -2.16. The van der Waals surface area contributed by atoms with Crippen LogP contribution in [0.4, 0.5) is 0 Å². The molecule has 16 heavy (non-hydrogen) atoms. The van der Waals surface area contributed by atoms with Crippen LogP contribution in [0.5, 0.6) is 0 Å². The molecule has 0 unspecified atom stereocenters. The SMILES string of the molecule is CCCCCC(=O)N(C)CCCC(=O)OC. The van der Waals surface area contributed by atoms with Crippen LogP contribution in [0, 0.1) is 0 Å². The molecule has 1 amide bonds. The van der Waals surface area contributed by atoms with Crippen molar-refractivity contribution in [1.29, 1.82) is 0 Å². The largest absolute Gasteiger partial charge is 0.469 e. The van der Waals surface area contributed by atoms with E-state index in [0.717, 1.165) is 19.3 Å². The highest BCUT2D eigenvalue weighted by atomic mass is 16.5. The zero-order valence-corrected chi connectivity index (χ0v) is 10.6. The number of unbranched alkanes of at least 4 members (excludes halogenated alkanes) is 2. The Balaban J connectivity index is 3.58. The fraction of sp³-hybridized carbons (Fsp3) is 0.833. The molecule has 0 radical (unpaired) electrons. The van der Waals surface area contributed by atoms with E-state index in [0.29, 0.717) is 25.8 Å². The molecule has 0 bridgehead atoms. The van der Waals surface area contributed by atoms with Crippen molar-refractivity contribution in [3.63, 3.8) is 0 Å². The van der Waals surface area contributed by atoms with E-state index in [4.69, 9.17) is 0 Å². The van der Waals surface area contributed by atoms with Crippen molar-refractivity contribution in [2.24, 2.45) is 0 Å². The maximum Gasteiger partial charge on any atom is 0.305 e. The highest BCUT2D eigenvalue weighted by Crippen LogP contribution is 2.03. The van der Waals surface area contributed by atoms with Gasteiger partial charge >= 0.3 is 5.97 Å². The summed E-state index contributed by atoms with van der Waals surface area (Å²) in [5, 5.41) is 0. The summed E-state index contributed by atoms with van der Waals surface area (Å²) in [4.78, 5) is 24.1. The fourth-order valence-electron chi connectivity index (χ4n) is 1.40. The molecule has 0 aromatic heterocycles. The van der Waals surface area contributed by atoms with Crippen molar-refractivity contribution in [2.75, 3.05) is 20.7 Å². The minimum atomic E-state index is -0.216. The molecule has 0 N–H and O–H groups in total. The van der Waals surface area contributed by atoms with Crippen LogP contribution in [0.2, 0.25) is 0 Å². The van der Waals surface area contributed by atoms with Crippen molar-refractivity contribution in [1.82, 2.24) is 4.90 Å². The zero-order valence-electron chi connectivity index (χ0n) is 10.6. The van der Waals surface area contributed by atoms with Crippen LogP contribution in [-0.2, 0) is 14.3 Å². The molecule has 0 aliphatic rings. The zero-order chi connectivity index (χ0) is 12.4. The molecule has 4 heteroatoms. The van der Waals surface area contributed by atoms with Gasteiger partial charge in [0.15, 0.2) is 0 Å². The number of rotatable bonds is 8. The Hall–Kier alpha value is -1.06. The second-order valence-corrected chi connectivity index (χ2v) is 3.95. The maximum absolute atomic E-state index is 11.6. The van der Waals surface area contributed by atoms with Gasteiger partial charge in [0.05, 0.1) is 7.11 Å². The van der Waals surface area contributed by atoms with Gasteiger partial charge in [0.2, 0.25) is 5.91 Å². The van der Waals surface area contributed by atoms with Crippen LogP contribution in [0.25, 0.3) is 0 Å². The highest BCUT2D eigenvalue weighted by Gasteiger charge is 2.08. The second-order valence-electron chi connectivity index (χ2n) is 3.95. The first-order valence-electron chi connectivity index (χ1n) is 5.92. The summed E-state index contributed by atoms with van der Waals surface area (Å²) < 4.78 is 4.53. The lowest BCUT2D eigenvalue weighted by atomic mass is 10.2. The maximum atomic E-state index is 11.6. The molecule has 0 heterocycles. The summed E-state index contributed by atoms with van der Waals surface area (Å²) in [7, 11) is 3.16. The predicted molar refractivity (Wildman–Crippen MR) is 63.0 cm³/mol. The van der Waals surface area contributed by atoms with E-state index in [9.17, 15) is 9.59 Å². The molecule has 0 rings (SSSR count). The van der Waals surface area contributed by atoms with Crippen molar-refractivity contribution in [3.8, 4) is 0 Å². The molecule has 0 saturated heterocycles. The quantitative estimate of drug-likeness (QED) is 0.472. The van der Waals surface area contributed by atoms with Crippen molar-refractivity contribution in [3.05, 3.63) is 0 Å². The van der Waals surface area contributed by atoms with E-state index < -0.39 is 0 Å². The summed E-state index contributed by atoms with van der Waals surface area (Å²) in [6.45, 7) is 2.74. The molecule has 4 nitrogen and oxygen atoms in total. The highest BCUT2D eigenvalue weighted by molar-refractivity contribution is 5.75. The van der Waals surface area contributed by atoms with Gasteiger partial charge in [-0.2, -0.15) is 0 Å². The molecule has 0 aromatic carbocycles. The van der Waals surface area contributed by atoms with Gasteiger partial charge in [0, 0.05) is 26.4 Å². The number of hydrogen-bond acceptors (Lipinski definition) is 3. The summed E-state index contributed by atoms with van der Waals surface area (Å²) in [6.07, 6.45) is 4.84. The molecular formula is C12H23NO3. The average molecular weight is 229 g/mol.